The van der Waals surface area contributed by atoms with Gasteiger partial charge >= 0.3 is 0 Å². The van der Waals surface area contributed by atoms with Gasteiger partial charge in [0.15, 0.2) is 0 Å². The van der Waals surface area contributed by atoms with Crippen LogP contribution in [0.5, 0.6) is 5.75 Å². The van der Waals surface area contributed by atoms with E-state index >= 15 is 0 Å². The second kappa shape index (κ2) is 10.7. The first-order valence-electron chi connectivity index (χ1n) is 7.29. The minimum Gasteiger partial charge on any atom is -0.491 e. The Morgan fingerprint density at radius 3 is 2.65 bits per heavy atom. The molecule has 20 heavy (non-hydrogen) atoms. The van der Waals surface area contributed by atoms with Gasteiger partial charge in [-0.1, -0.05) is 18.2 Å². The maximum absolute atomic E-state index is 5.79. The molecule has 1 aromatic rings. The molecule has 1 atom stereocenters. The predicted octanol–water partition coefficient (Wildman–Crippen LogP) is 2.79. The topological polar surface area (TPSA) is 39.7 Å². The molecule has 0 radical (unpaired) electrons. The molecule has 4 nitrogen and oxygen atoms in total. The fourth-order valence-corrected chi connectivity index (χ4v) is 2.12. The van der Waals surface area contributed by atoms with E-state index in [0.717, 1.165) is 31.8 Å². The summed E-state index contributed by atoms with van der Waals surface area (Å²) in [5.41, 5.74) is 1.20. The average molecular weight is 281 g/mol. The number of hydrogen-bond donors (Lipinski definition) is 1. The summed E-state index contributed by atoms with van der Waals surface area (Å²) >= 11 is 0. The molecule has 0 bridgehead atoms. The normalized spacial score (nSPS) is 12.3. The molecule has 114 valence electrons. The van der Waals surface area contributed by atoms with Crippen LogP contribution < -0.4 is 10.1 Å². The van der Waals surface area contributed by atoms with E-state index in [0.29, 0.717) is 13.2 Å². The number of methoxy groups -OCH3 is 1. The summed E-state index contributed by atoms with van der Waals surface area (Å²) in [6.45, 7) is 4.78. The Hall–Kier alpha value is -1.10. The molecule has 0 aliphatic heterocycles. The lowest BCUT2D eigenvalue weighted by Gasteiger charge is -2.20. The van der Waals surface area contributed by atoms with Crippen LogP contribution in [0.3, 0.4) is 0 Å². The van der Waals surface area contributed by atoms with Gasteiger partial charge in [-0.05, 0) is 32.9 Å². The molecule has 0 fully saturated rings. The zero-order chi connectivity index (χ0) is 14.6. The number of ether oxygens (including phenoxy) is 3. The van der Waals surface area contributed by atoms with Crippen molar-refractivity contribution in [1.82, 2.24) is 5.32 Å². The largest absolute Gasteiger partial charge is 0.491 e. The van der Waals surface area contributed by atoms with E-state index in [2.05, 4.69) is 11.4 Å². The minimum absolute atomic E-state index is 0.286. The highest BCUT2D eigenvalue weighted by Crippen LogP contribution is 2.27. The highest BCUT2D eigenvalue weighted by Gasteiger charge is 2.13. The van der Waals surface area contributed by atoms with Crippen LogP contribution in [0.1, 0.15) is 31.4 Å². The first-order chi connectivity index (χ1) is 9.83. The standard InChI is InChI=1S/C16H27NO3/c1-4-19-11-7-9-15(17-2)14-8-5-6-10-16(14)20-13-12-18-3/h5-6,8,10,15,17H,4,7,9,11-13H2,1-3H3. The summed E-state index contributed by atoms with van der Waals surface area (Å²) < 4.78 is 16.2. The summed E-state index contributed by atoms with van der Waals surface area (Å²) in [5, 5.41) is 3.36. The minimum atomic E-state index is 0.286. The smallest absolute Gasteiger partial charge is 0.124 e. The van der Waals surface area contributed by atoms with Crippen LogP contribution in [0.15, 0.2) is 24.3 Å². The van der Waals surface area contributed by atoms with Crippen molar-refractivity contribution in [3.05, 3.63) is 29.8 Å². The molecule has 1 N–H and O–H groups in total. The third-order valence-corrected chi connectivity index (χ3v) is 3.17. The molecule has 0 aliphatic carbocycles. The molecule has 0 heterocycles. The Morgan fingerprint density at radius 2 is 1.95 bits per heavy atom. The summed E-state index contributed by atoms with van der Waals surface area (Å²) in [6.07, 6.45) is 2.06. The fraction of sp³-hybridized carbons (Fsp3) is 0.625. The highest BCUT2D eigenvalue weighted by molar-refractivity contribution is 5.35. The Kier molecular flexibility index (Phi) is 9.04. The maximum Gasteiger partial charge on any atom is 0.124 e. The number of benzene rings is 1. The lowest BCUT2D eigenvalue weighted by atomic mass is 10.0. The van der Waals surface area contributed by atoms with Crippen LogP contribution in [0.4, 0.5) is 0 Å². The van der Waals surface area contributed by atoms with Crippen molar-refractivity contribution in [1.29, 1.82) is 0 Å². The average Bonchev–Trinajstić information content (AvgIpc) is 2.49. The quantitative estimate of drug-likeness (QED) is 0.633. The van der Waals surface area contributed by atoms with Crippen LogP contribution in [0, 0.1) is 0 Å². The molecule has 0 amide bonds. The van der Waals surface area contributed by atoms with Crippen molar-refractivity contribution in [2.45, 2.75) is 25.8 Å². The number of nitrogens with one attached hydrogen (secondary N) is 1. The van der Waals surface area contributed by atoms with E-state index in [1.54, 1.807) is 7.11 Å². The predicted molar refractivity (Wildman–Crippen MR) is 81.3 cm³/mol. The molecule has 0 aliphatic rings. The zero-order valence-electron chi connectivity index (χ0n) is 12.9. The van der Waals surface area contributed by atoms with Gasteiger partial charge in [-0.15, -0.1) is 0 Å². The van der Waals surface area contributed by atoms with Crippen molar-refractivity contribution in [2.75, 3.05) is 40.6 Å². The van der Waals surface area contributed by atoms with E-state index < -0.39 is 0 Å². The van der Waals surface area contributed by atoms with Gasteiger partial charge in [0.25, 0.3) is 0 Å². The van der Waals surface area contributed by atoms with Gasteiger partial charge in [-0.3, -0.25) is 0 Å². The number of para-hydroxylation sites is 1. The lowest BCUT2D eigenvalue weighted by molar-refractivity contribution is 0.139. The summed E-state index contributed by atoms with van der Waals surface area (Å²) in [4.78, 5) is 0. The fourth-order valence-electron chi connectivity index (χ4n) is 2.12. The molecular formula is C16H27NO3. The Bertz CT molecular complexity index is 357. The molecule has 1 rings (SSSR count). The van der Waals surface area contributed by atoms with Crippen molar-refractivity contribution in [3.8, 4) is 5.75 Å². The number of rotatable bonds is 11. The maximum atomic E-state index is 5.79. The van der Waals surface area contributed by atoms with Gasteiger partial charge in [0.05, 0.1) is 6.61 Å². The Morgan fingerprint density at radius 1 is 1.15 bits per heavy atom. The van der Waals surface area contributed by atoms with Gasteiger partial charge < -0.3 is 19.5 Å². The molecule has 1 unspecified atom stereocenters. The van der Waals surface area contributed by atoms with Crippen LogP contribution >= 0.6 is 0 Å². The van der Waals surface area contributed by atoms with Gasteiger partial charge in [0.1, 0.15) is 12.4 Å². The second-order valence-corrected chi connectivity index (χ2v) is 4.56. The molecular weight excluding hydrogens is 254 g/mol. The highest BCUT2D eigenvalue weighted by atomic mass is 16.5. The van der Waals surface area contributed by atoms with Crippen LogP contribution in [0.2, 0.25) is 0 Å². The summed E-state index contributed by atoms with van der Waals surface area (Å²) in [5.74, 6) is 0.931. The first kappa shape index (κ1) is 17.0. The third kappa shape index (κ3) is 5.90. The third-order valence-electron chi connectivity index (χ3n) is 3.17. The Labute approximate surface area is 122 Å². The van der Waals surface area contributed by atoms with Crippen LogP contribution in [0.25, 0.3) is 0 Å². The SMILES string of the molecule is CCOCCCC(NC)c1ccccc1OCCOC. The molecule has 4 heteroatoms. The second-order valence-electron chi connectivity index (χ2n) is 4.56. The van der Waals surface area contributed by atoms with E-state index in [1.165, 1.54) is 5.56 Å². The molecule has 0 aromatic heterocycles. The van der Waals surface area contributed by atoms with E-state index in [-0.39, 0.29) is 6.04 Å². The van der Waals surface area contributed by atoms with E-state index in [1.807, 2.05) is 32.2 Å². The summed E-state index contributed by atoms with van der Waals surface area (Å²) in [7, 11) is 3.66. The lowest BCUT2D eigenvalue weighted by Crippen LogP contribution is -2.18. The van der Waals surface area contributed by atoms with Gasteiger partial charge in [-0.25, -0.2) is 0 Å². The summed E-state index contributed by atoms with van der Waals surface area (Å²) in [6, 6.07) is 8.46. The van der Waals surface area contributed by atoms with Crippen molar-refractivity contribution in [3.63, 3.8) is 0 Å². The van der Waals surface area contributed by atoms with E-state index in [9.17, 15) is 0 Å². The molecule has 0 spiro atoms. The molecule has 0 saturated carbocycles. The molecule has 1 aromatic carbocycles. The van der Waals surface area contributed by atoms with Crippen LogP contribution in [-0.2, 0) is 9.47 Å². The zero-order valence-corrected chi connectivity index (χ0v) is 12.9. The van der Waals surface area contributed by atoms with Crippen molar-refractivity contribution in [2.24, 2.45) is 0 Å². The monoisotopic (exact) mass is 281 g/mol. The van der Waals surface area contributed by atoms with Gasteiger partial charge in [0, 0.05) is 31.9 Å². The van der Waals surface area contributed by atoms with Gasteiger partial charge in [-0.2, -0.15) is 0 Å². The van der Waals surface area contributed by atoms with Crippen molar-refractivity contribution < 1.29 is 14.2 Å². The number of hydrogen-bond acceptors (Lipinski definition) is 4. The van der Waals surface area contributed by atoms with E-state index in [4.69, 9.17) is 14.2 Å². The van der Waals surface area contributed by atoms with Crippen LogP contribution in [-0.4, -0.2) is 40.6 Å². The molecule has 0 saturated heterocycles. The van der Waals surface area contributed by atoms with Crippen molar-refractivity contribution >= 4 is 0 Å². The Balaban J connectivity index is 2.60. The van der Waals surface area contributed by atoms with Gasteiger partial charge in [0.2, 0.25) is 0 Å². The first-order valence-corrected chi connectivity index (χ1v) is 7.29.